The van der Waals surface area contributed by atoms with Crippen LogP contribution in [0.5, 0.6) is 0 Å². The summed E-state index contributed by atoms with van der Waals surface area (Å²) in [6.07, 6.45) is 0. The van der Waals surface area contributed by atoms with Crippen molar-refractivity contribution in [1.29, 1.82) is 0 Å². The maximum Gasteiger partial charge on any atom is 0.324 e. The highest BCUT2D eigenvalue weighted by Crippen LogP contribution is 2.27. The van der Waals surface area contributed by atoms with Gasteiger partial charge in [-0.15, -0.1) is 0 Å². The van der Waals surface area contributed by atoms with Gasteiger partial charge in [0.2, 0.25) is 0 Å². The SMILES string of the molecule is CCOC(=O)C(Br)c1ccc(-c2ccccc2)cc1. The molecule has 0 fully saturated rings. The van der Waals surface area contributed by atoms with Gasteiger partial charge in [-0.2, -0.15) is 0 Å². The summed E-state index contributed by atoms with van der Waals surface area (Å²) < 4.78 is 4.99. The Morgan fingerprint density at radius 2 is 1.63 bits per heavy atom. The number of carbonyl (C=O) groups excluding carboxylic acids is 1. The number of halogens is 1. The minimum atomic E-state index is -0.405. The fourth-order valence-electron chi connectivity index (χ4n) is 1.83. The molecule has 2 aromatic carbocycles. The summed E-state index contributed by atoms with van der Waals surface area (Å²) in [6.45, 7) is 2.19. The number of benzene rings is 2. The van der Waals surface area contributed by atoms with Gasteiger partial charge in [-0.25, -0.2) is 0 Å². The van der Waals surface area contributed by atoms with E-state index in [1.807, 2.05) is 42.5 Å². The molecule has 3 heteroatoms. The van der Waals surface area contributed by atoms with Crippen LogP contribution in [0.25, 0.3) is 11.1 Å². The van der Waals surface area contributed by atoms with Crippen LogP contribution < -0.4 is 0 Å². The fraction of sp³-hybridized carbons (Fsp3) is 0.188. The van der Waals surface area contributed by atoms with E-state index < -0.39 is 4.83 Å². The van der Waals surface area contributed by atoms with Gasteiger partial charge in [-0.3, -0.25) is 4.79 Å². The van der Waals surface area contributed by atoms with Crippen molar-refractivity contribution in [2.45, 2.75) is 11.8 Å². The predicted octanol–water partition coefficient (Wildman–Crippen LogP) is 4.35. The van der Waals surface area contributed by atoms with Crippen molar-refractivity contribution in [3.05, 3.63) is 60.2 Å². The first-order valence-corrected chi connectivity index (χ1v) is 7.10. The Bertz CT molecular complexity index is 534. The molecule has 0 amide bonds. The van der Waals surface area contributed by atoms with E-state index in [0.29, 0.717) is 6.61 Å². The van der Waals surface area contributed by atoms with Crippen LogP contribution in [0.3, 0.4) is 0 Å². The third-order valence-electron chi connectivity index (χ3n) is 2.80. The van der Waals surface area contributed by atoms with Crippen molar-refractivity contribution < 1.29 is 9.53 Å². The first-order chi connectivity index (χ1) is 9.22. The zero-order valence-corrected chi connectivity index (χ0v) is 12.3. The van der Waals surface area contributed by atoms with E-state index in [4.69, 9.17) is 4.74 Å². The Hall–Kier alpha value is -1.61. The number of hydrogen-bond acceptors (Lipinski definition) is 2. The summed E-state index contributed by atoms with van der Waals surface area (Å²) in [5.41, 5.74) is 3.20. The quantitative estimate of drug-likeness (QED) is 0.618. The predicted molar refractivity (Wildman–Crippen MR) is 80.2 cm³/mol. The lowest BCUT2D eigenvalue weighted by Crippen LogP contribution is -2.10. The van der Waals surface area contributed by atoms with Gasteiger partial charge < -0.3 is 4.74 Å². The van der Waals surface area contributed by atoms with Crippen LogP contribution in [-0.2, 0) is 9.53 Å². The van der Waals surface area contributed by atoms with Crippen LogP contribution in [0, 0.1) is 0 Å². The molecule has 0 saturated carbocycles. The van der Waals surface area contributed by atoms with Gasteiger partial charge in [0.1, 0.15) is 4.83 Å². The smallest absolute Gasteiger partial charge is 0.324 e. The van der Waals surface area contributed by atoms with Gasteiger partial charge in [-0.1, -0.05) is 70.5 Å². The summed E-state index contributed by atoms with van der Waals surface area (Å²) >= 11 is 3.36. The maximum atomic E-state index is 11.6. The third-order valence-corrected chi connectivity index (χ3v) is 3.71. The molecule has 0 spiro atoms. The average Bonchev–Trinajstić information content (AvgIpc) is 2.48. The van der Waals surface area contributed by atoms with E-state index in [-0.39, 0.29) is 5.97 Å². The molecule has 0 aliphatic carbocycles. The molecule has 0 aliphatic rings. The molecule has 0 saturated heterocycles. The highest BCUT2D eigenvalue weighted by atomic mass is 79.9. The molecule has 0 aromatic heterocycles. The summed E-state index contributed by atoms with van der Waals surface area (Å²) in [5, 5.41) is 0. The van der Waals surface area contributed by atoms with Gasteiger partial charge in [0.05, 0.1) is 6.61 Å². The standard InChI is InChI=1S/C16H15BrO2/c1-2-19-16(18)15(17)14-10-8-13(9-11-14)12-6-4-3-5-7-12/h3-11,15H,2H2,1H3. The molecule has 0 aliphatic heterocycles. The molecule has 0 N–H and O–H groups in total. The average molecular weight is 319 g/mol. The molecule has 1 atom stereocenters. The third kappa shape index (κ3) is 3.44. The molecule has 1 unspecified atom stereocenters. The Morgan fingerprint density at radius 1 is 1.05 bits per heavy atom. The van der Waals surface area contributed by atoms with Crippen LogP contribution in [0.15, 0.2) is 54.6 Å². The molecular weight excluding hydrogens is 304 g/mol. The zero-order valence-electron chi connectivity index (χ0n) is 10.7. The second kappa shape index (κ2) is 6.53. The Kier molecular flexibility index (Phi) is 4.74. The molecule has 2 aromatic rings. The summed E-state index contributed by atoms with van der Waals surface area (Å²) in [6, 6.07) is 18.0. The van der Waals surface area contributed by atoms with Crippen LogP contribution >= 0.6 is 15.9 Å². The van der Waals surface area contributed by atoms with Gasteiger partial charge in [0, 0.05) is 0 Å². The maximum absolute atomic E-state index is 11.6. The lowest BCUT2D eigenvalue weighted by atomic mass is 10.0. The van der Waals surface area contributed by atoms with Crippen LogP contribution in [-0.4, -0.2) is 12.6 Å². The van der Waals surface area contributed by atoms with Gasteiger partial charge in [-0.05, 0) is 23.6 Å². The number of carbonyl (C=O) groups is 1. The molecule has 0 bridgehead atoms. The van der Waals surface area contributed by atoms with E-state index in [0.717, 1.165) is 16.7 Å². The summed E-state index contributed by atoms with van der Waals surface area (Å²) in [5.74, 6) is -0.255. The largest absolute Gasteiger partial charge is 0.465 e. The van der Waals surface area contributed by atoms with E-state index in [9.17, 15) is 4.79 Å². The molecule has 2 rings (SSSR count). The number of esters is 1. The van der Waals surface area contributed by atoms with E-state index in [1.54, 1.807) is 6.92 Å². The first-order valence-electron chi connectivity index (χ1n) is 6.18. The Morgan fingerprint density at radius 3 is 2.21 bits per heavy atom. The number of alkyl halides is 1. The topological polar surface area (TPSA) is 26.3 Å². The monoisotopic (exact) mass is 318 g/mol. The summed E-state index contributed by atoms with van der Waals surface area (Å²) in [7, 11) is 0. The Labute approximate surface area is 121 Å². The van der Waals surface area contributed by atoms with Crippen molar-refractivity contribution in [2.75, 3.05) is 6.61 Å². The molecular formula is C16H15BrO2. The lowest BCUT2D eigenvalue weighted by Gasteiger charge is -2.10. The highest BCUT2D eigenvalue weighted by molar-refractivity contribution is 9.09. The van der Waals surface area contributed by atoms with Crippen molar-refractivity contribution in [1.82, 2.24) is 0 Å². The minimum Gasteiger partial charge on any atom is -0.465 e. The van der Waals surface area contributed by atoms with Crippen molar-refractivity contribution >= 4 is 21.9 Å². The van der Waals surface area contributed by atoms with Gasteiger partial charge in [0.15, 0.2) is 0 Å². The van der Waals surface area contributed by atoms with Crippen LogP contribution in [0.1, 0.15) is 17.3 Å². The van der Waals surface area contributed by atoms with Gasteiger partial charge in [0.25, 0.3) is 0 Å². The van der Waals surface area contributed by atoms with Crippen molar-refractivity contribution in [3.63, 3.8) is 0 Å². The van der Waals surface area contributed by atoms with Crippen molar-refractivity contribution in [2.24, 2.45) is 0 Å². The zero-order chi connectivity index (χ0) is 13.7. The number of hydrogen-bond donors (Lipinski definition) is 0. The van der Waals surface area contributed by atoms with Crippen molar-refractivity contribution in [3.8, 4) is 11.1 Å². The number of rotatable bonds is 4. The van der Waals surface area contributed by atoms with Gasteiger partial charge >= 0.3 is 5.97 Å². The Balaban J connectivity index is 2.17. The lowest BCUT2D eigenvalue weighted by molar-refractivity contribution is -0.142. The molecule has 0 radical (unpaired) electrons. The van der Waals surface area contributed by atoms with Crippen LogP contribution in [0.2, 0.25) is 0 Å². The minimum absolute atomic E-state index is 0.255. The van der Waals surface area contributed by atoms with E-state index in [2.05, 4.69) is 28.1 Å². The second-order valence-electron chi connectivity index (χ2n) is 4.10. The second-order valence-corrected chi connectivity index (χ2v) is 5.02. The normalized spacial score (nSPS) is 11.9. The molecule has 2 nitrogen and oxygen atoms in total. The first kappa shape index (κ1) is 13.8. The summed E-state index contributed by atoms with van der Waals surface area (Å²) in [4.78, 5) is 11.2. The van der Waals surface area contributed by atoms with E-state index in [1.165, 1.54) is 0 Å². The molecule has 19 heavy (non-hydrogen) atoms. The number of ether oxygens (including phenoxy) is 1. The van der Waals surface area contributed by atoms with Crippen LogP contribution in [0.4, 0.5) is 0 Å². The highest BCUT2D eigenvalue weighted by Gasteiger charge is 2.17. The molecule has 0 heterocycles. The molecule has 98 valence electrons. The van der Waals surface area contributed by atoms with E-state index >= 15 is 0 Å². The fourth-order valence-corrected chi connectivity index (χ4v) is 2.26.